The number of ether oxygens (including phenoxy) is 3. The van der Waals surface area contributed by atoms with Gasteiger partial charge < -0.3 is 49.9 Å². The molecular weight excluding hydrogens is 910 g/mol. The molecule has 0 radical (unpaired) electrons. The molecule has 5 N–H and O–H groups in total. The highest BCUT2D eigenvalue weighted by atomic mass is 32.1. The molecule has 2 saturated carbocycles. The van der Waals surface area contributed by atoms with E-state index < -0.39 is 17.6 Å². The third-order valence-corrected chi connectivity index (χ3v) is 14.9. The van der Waals surface area contributed by atoms with Crippen molar-refractivity contribution in [1.29, 1.82) is 0 Å². The molecule has 0 atom stereocenters. The molecule has 11 rings (SSSR count). The Labute approximate surface area is 381 Å². The number of fused-ring (bicyclic) bond motifs is 2. The van der Waals surface area contributed by atoms with Gasteiger partial charge >= 0.3 is 6.18 Å². The Bertz CT molecular complexity index is 2800. The molecule has 8 heterocycles. The van der Waals surface area contributed by atoms with Gasteiger partial charge in [0.2, 0.25) is 0 Å². The molecule has 5 aromatic heterocycles. The van der Waals surface area contributed by atoms with E-state index in [1.54, 1.807) is 6.07 Å². The third-order valence-electron chi connectivity index (χ3n) is 11.5. The van der Waals surface area contributed by atoms with Crippen molar-refractivity contribution in [2.75, 3.05) is 99.3 Å². The number of nitrogens with zero attached hydrogens (tertiary/aromatic N) is 9. The molecule has 3 aliphatic heterocycles. The number of alkyl halides is 3. The predicted octanol–water partition coefficient (Wildman–Crippen LogP) is 4.70. The summed E-state index contributed by atoms with van der Waals surface area (Å²) in [5.74, 6) is 1.70. The number of rotatable bonds is 8. The number of nitrogen functional groups attached to an aromatic ring is 1. The van der Waals surface area contributed by atoms with Crippen LogP contribution in [-0.4, -0.2) is 119 Å². The van der Waals surface area contributed by atoms with Crippen molar-refractivity contribution in [2.45, 2.75) is 57.2 Å². The zero-order chi connectivity index (χ0) is 45.4. The number of H-pyrrole nitrogens is 1. The predicted molar refractivity (Wildman–Crippen MR) is 243 cm³/mol. The molecule has 0 spiro atoms. The molecule has 18 nitrogen and oxygen atoms in total. The Balaban J connectivity index is 0.000000133. The molecule has 5 aliphatic rings. The summed E-state index contributed by atoms with van der Waals surface area (Å²) in [7, 11) is 0. The average molecular weight is 957 g/mol. The molecule has 0 unspecified atom stereocenters. The van der Waals surface area contributed by atoms with Crippen LogP contribution < -0.4 is 37.3 Å². The number of anilines is 4. The van der Waals surface area contributed by atoms with Gasteiger partial charge in [-0.3, -0.25) is 14.4 Å². The molecule has 6 aromatic rings. The first-order chi connectivity index (χ1) is 31.3. The van der Waals surface area contributed by atoms with Gasteiger partial charge in [-0.05, 0) is 49.8 Å². The van der Waals surface area contributed by atoms with E-state index in [-0.39, 0.29) is 35.0 Å². The maximum Gasteiger partial charge on any atom is 0.416 e. The summed E-state index contributed by atoms with van der Waals surface area (Å²) in [4.78, 5) is 67.5. The Morgan fingerprint density at radius 1 is 0.769 bits per heavy atom. The summed E-state index contributed by atoms with van der Waals surface area (Å²) >= 11 is 3.95. The molecule has 1 amide bonds. The number of nitrogens with two attached hydrogens (primary N) is 2. The topological polar surface area (TPSA) is 226 Å². The molecule has 65 heavy (non-hydrogen) atoms. The molecule has 2 aliphatic carbocycles. The van der Waals surface area contributed by atoms with Gasteiger partial charge in [0.15, 0.2) is 26.7 Å². The fourth-order valence-electron chi connectivity index (χ4n) is 7.64. The lowest BCUT2D eigenvalue weighted by Gasteiger charge is -2.25. The average Bonchev–Trinajstić information content (AvgIpc) is 4.21. The molecule has 1 aromatic carbocycles. The smallest absolute Gasteiger partial charge is 0.382 e. The quantitative estimate of drug-likeness (QED) is 0.188. The van der Waals surface area contributed by atoms with E-state index in [1.165, 1.54) is 47.0 Å². The van der Waals surface area contributed by atoms with E-state index in [9.17, 15) is 27.6 Å². The second kappa shape index (κ2) is 18.9. The summed E-state index contributed by atoms with van der Waals surface area (Å²) in [5, 5.41) is 2.34. The summed E-state index contributed by atoms with van der Waals surface area (Å²) in [6.45, 7) is 10.2. The lowest BCUT2D eigenvalue weighted by atomic mass is 10.0. The number of carbonyl (C=O) groups excluding carboxylic acids is 1. The summed E-state index contributed by atoms with van der Waals surface area (Å²) in [5.41, 5.74) is 11.6. The largest absolute Gasteiger partial charge is 0.416 e. The maximum absolute atomic E-state index is 13.4. The van der Waals surface area contributed by atoms with Gasteiger partial charge in [-0.15, -0.1) is 0 Å². The summed E-state index contributed by atoms with van der Waals surface area (Å²) in [6.07, 6.45) is -0.343. The summed E-state index contributed by atoms with van der Waals surface area (Å²) in [6, 6.07) is 4.22. The van der Waals surface area contributed by atoms with Crippen molar-refractivity contribution >= 4 is 81.8 Å². The number of benzene rings is 1. The van der Waals surface area contributed by atoms with Crippen molar-refractivity contribution in [1.82, 2.24) is 34.5 Å². The Hall–Kier alpha value is -5.27. The second-order valence-corrected chi connectivity index (χ2v) is 19.1. The minimum absolute atomic E-state index is 0.0519. The van der Waals surface area contributed by atoms with E-state index in [1.807, 2.05) is 9.47 Å². The van der Waals surface area contributed by atoms with Crippen molar-refractivity contribution in [3.8, 4) is 0 Å². The van der Waals surface area contributed by atoms with Gasteiger partial charge in [-0.1, -0.05) is 46.1 Å². The van der Waals surface area contributed by atoms with Crippen LogP contribution in [0.3, 0.4) is 0 Å². The van der Waals surface area contributed by atoms with Gasteiger partial charge in [0.05, 0.1) is 51.7 Å². The van der Waals surface area contributed by atoms with E-state index in [0.717, 1.165) is 79.1 Å². The van der Waals surface area contributed by atoms with Gasteiger partial charge in [0.25, 0.3) is 17.0 Å². The van der Waals surface area contributed by atoms with Crippen LogP contribution in [0.5, 0.6) is 0 Å². The maximum atomic E-state index is 13.4. The van der Waals surface area contributed by atoms with Gasteiger partial charge in [0.1, 0.15) is 31.7 Å². The van der Waals surface area contributed by atoms with Crippen LogP contribution in [0.4, 0.5) is 34.4 Å². The number of nitrogens with one attached hydrogen (secondary N) is 1. The molecule has 3 saturated heterocycles. The van der Waals surface area contributed by atoms with Crippen LogP contribution in [0, 0.1) is 6.92 Å². The highest BCUT2D eigenvalue weighted by Crippen LogP contribution is 2.41. The van der Waals surface area contributed by atoms with Crippen molar-refractivity contribution < 1.29 is 32.2 Å². The normalized spacial score (nSPS) is 18.1. The van der Waals surface area contributed by atoms with Crippen LogP contribution in [0.15, 0.2) is 27.8 Å². The molecule has 346 valence electrons. The Morgan fingerprint density at radius 3 is 1.86 bits per heavy atom. The monoisotopic (exact) mass is 956 g/mol. The van der Waals surface area contributed by atoms with E-state index in [4.69, 9.17) is 30.7 Å². The van der Waals surface area contributed by atoms with Crippen LogP contribution >= 0.6 is 34.0 Å². The first kappa shape index (κ1) is 44.9. The zero-order valence-electron chi connectivity index (χ0n) is 35.4. The van der Waals surface area contributed by atoms with E-state index in [2.05, 4.69) is 34.7 Å². The fraction of sp³-hybridized carbons (Fsp3) is 0.512. The van der Waals surface area contributed by atoms with Gasteiger partial charge in [-0.25, -0.2) is 15.0 Å². The minimum Gasteiger partial charge on any atom is -0.382 e. The SMILES string of the molecule is Cc1c(Cn2c(C3CC3)nc(=O)c3sc(N4CCOCC4)nc32)cccc1C(F)(F)F.NC(=O)c1sc(N2CCOCC2)nc1N.O=c1[nH]c(C2CC2)nc2nc(N3CCOCC3)sc12. The highest BCUT2D eigenvalue weighted by molar-refractivity contribution is 7.22. The first-order valence-corrected chi connectivity index (χ1v) is 23.8. The molecule has 5 fully saturated rings. The van der Waals surface area contributed by atoms with Gasteiger partial charge in [0, 0.05) is 51.1 Å². The number of carbonyl (C=O) groups is 1. The number of halogens is 3. The zero-order valence-corrected chi connectivity index (χ0v) is 37.8. The van der Waals surface area contributed by atoms with E-state index in [0.29, 0.717) is 95.6 Å². The second-order valence-electron chi connectivity index (χ2n) is 16.1. The highest BCUT2D eigenvalue weighted by Gasteiger charge is 2.35. The molecular formula is C41H47F3N12O6S3. The van der Waals surface area contributed by atoms with Crippen LogP contribution in [0.25, 0.3) is 20.7 Å². The molecule has 0 bridgehead atoms. The van der Waals surface area contributed by atoms with Crippen molar-refractivity contribution in [2.24, 2.45) is 5.73 Å². The number of thiazole rings is 3. The van der Waals surface area contributed by atoms with Gasteiger partial charge in [-0.2, -0.15) is 23.1 Å². The standard InChI is InChI=1S/C21H21F3N4O2S.C12H14N4O2S.C8H12N4O2S/c1-12-14(3-2-4-15(12)21(22,23)24)11-28-17(13-5-6-13)25-19(29)16-18(28)26-20(31-16)27-7-9-30-10-8-27;17-11-8-10(13-9(14-11)7-1-2-7)15-12(19-8)16-3-5-18-6-4-16;9-6-5(7(10)13)15-8(11-6)12-1-3-14-4-2-12/h2-4,13H,5-11H2,1H3;7H,1-6H2,(H,13,14,17);1-4,9H2,(H2,10,13). The Morgan fingerprint density at radius 2 is 1.32 bits per heavy atom. The van der Waals surface area contributed by atoms with Crippen LogP contribution in [0.2, 0.25) is 0 Å². The lowest BCUT2D eigenvalue weighted by Crippen LogP contribution is -2.36. The van der Waals surface area contributed by atoms with Crippen molar-refractivity contribution in [3.05, 3.63) is 72.1 Å². The number of morpholine rings is 3. The molecule has 24 heteroatoms. The van der Waals surface area contributed by atoms with E-state index >= 15 is 0 Å². The lowest BCUT2D eigenvalue weighted by molar-refractivity contribution is -0.138. The third kappa shape index (κ3) is 10.1. The number of primary amides is 1. The fourth-order valence-corrected chi connectivity index (χ4v) is 10.5. The number of hydrogen-bond acceptors (Lipinski definition) is 18. The minimum atomic E-state index is -4.42. The number of hydrogen-bond donors (Lipinski definition) is 3. The number of amides is 1. The number of aromatic nitrogens is 7. The summed E-state index contributed by atoms with van der Waals surface area (Å²) < 4.78 is 59.1. The van der Waals surface area contributed by atoms with Crippen molar-refractivity contribution in [3.63, 3.8) is 0 Å². The first-order valence-electron chi connectivity index (χ1n) is 21.3. The van der Waals surface area contributed by atoms with Crippen LogP contribution in [0.1, 0.15) is 75.5 Å². The van der Waals surface area contributed by atoms with Crippen LogP contribution in [-0.2, 0) is 26.9 Å². The number of aromatic amines is 1. The Kier molecular flexibility index (Phi) is 13.1.